The SMILES string of the molecule is CC1=CC[C@@H]([C@@H](C)/C=C(C)/C=C\C=C\C(=O)N[C@H](C(=O)N/C=C\C[C@H](C/C=C(\C)Cl)OC(N)=O)C(C)(C)C)OC1=O. The molecule has 1 aliphatic rings. The van der Waals surface area contributed by atoms with Crippen LogP contribution in [0.25, 0.3) is 0 Å². The van der Waals surface area contributed by atoms with Crippen LogP contribution in [-0.4, -0.2) is 42.1 Å². The number of nitrogens with one attached hydrogen (secondary N) is 2. The number of cyclic esters (lactones) is 1. The lowest BCUT2D eigenvalue weighted by Gasteiger charge is -2.29. The lowest BCUT2D eigenvalue weighted by molar-refractivity contribution is -0.147. The van der Waals surface area contributed by atoms with Crippen molar-refractivity contribution in [3.63, 3.8) is 0 Å². The van der Waals surface area contributed by atoms with E-state index in [9.17, 15) is 19.2 Å². The number of nitrogens with two attached hydrogens (primary N) is 1. The van der Waals surface area contributed by atoms with Crippen molar-refractivity contribution in [2.75, 3.05) is 0 Å². The Morgan fingerprint density at radius 3 is 2.44 bits per heavy atom. The van der Waals surface area contributed by atoms with E-state index in [1.807, 2.05) is 52.8 Å². The number of ether oxygens (including phenoxy) is 2. The highest BCUT2D eigenvalue weighted by molar-refractivity contribution is 6.29. The second-order valence-electron chi connectivity index (χ2n) is 11.1. The van der Waals surface area contributed by atoms with Gasteiger partial charge in [0.25, 0.3) is 0 Å². The van der Waals surface area contributed by atoms with Crippen molar-refractivity contribution in [2.45, 2.75) is 86.0 Å². The number of carbonyl (C=O) groups excluding carboxylic acids is 4. The van der Waals surface area contributed by atoms with Crippen molar-refractivity contribution in [3.05, 3.63) is 71.0 Å². The highest BCUT2D eigenvalue weighted by Gasteiger charge is 2.32. The van der Waals surface area contributed by atoms with E-state index in [1.165, 1.54) is 12.3 Å². The zero-order valence-electron chi connectivity index (χ0n) is 25.0. The summed E-state index contributed by atoms with van der Waals surface area (Å²) >= 11 is 5.84. The van der Waals surface area contributed by atoms with E-state index in [0.717, 1.165) is 5.57 Å². The molecule has 3 amide bonds. The molecule has 1 heterocycles. The van der Waals surface area contributed by atoms with Crippen molar-refractivity contribution in [2.24, 2.45) is 17.1 Å². The minimum Gasteiger partial charge on any atom is -0.458 e. The van der Waals surface area contributed by atoms with Crippen molar-refractivity contribution in [1.29, 1.82) is 0 Å². The fourth-order valence-electron chi connectivity index (χ4n) is 3.87. The molecule has 0 unspecified atom stereocenters. The van der Waals surface area contributed by atoms with Crippen LogP contribution in [0.15, 0.2) is 71.0 Å². The number of hydrogen-bond donors (Lipinski definition) is 3. The largest absolute Gasteiger partial charge is 0.458 e. The molecule has 0 aromatic carbocycles. The van der Waals surface area contributed by atoms with Gasteiger partial charge < -0.3 is 25.8 Å². The van der Waals surface area contributed by atoms with Gasteiger partial charge in [0, 0.05) is 41.9 Å². The van der Waals surface area contributed by atoms with Gasteiger partial charge in [-0.25, -0.2) is 9.59 Å². The molecule has 0 aliphatic carbocycles. The third-order valence-corrected chi connectivity index (χ3v) is 6.32. The second-order valence-corrected chi connectivity index (χ2v) is 11.7. The van der Waals surface area contributed by atoms with Gasteiger partial charge in [-0.2, -0.15) is 0 Å². The standard InChI is InChI=1S/C31H44ClN3O6/c1-20(19-22(3)25-17-14-21(2)29(38)41-25)11-8-9-13-26(36)35-27(31(5,6)7)28(37)34-18-10-12-24(40-30(33)39)16-15-23(4)32/h8-11,13-15,18-19,22,24-25,27H,12,16-17H2,1-7H3,(H2,33,39)(H,34,37)(H,35,36)/b11-8-,13-9+,18-10-,20-19+,23-15+/t22-,24+,25-,27+/m0/s1. The Labute approximate surface area is 248 Å². The molecule has 10 heteroatoms. The normalized spacial score (nSPS) is 19.1. The highest BCUT2D eigenvalue weighted by Crippen LogP contribution is 2.22. The van der Waals surface area contributed by atoms with E-state index >= 15 is 0 Å². The van der Waals surface area contributed by atoms with E-state index in [-0.39, 0.29) is 18.0 Å². The van der Waals surface area contributed by atoms with Gasteiger partial charge in [0.05, 0.1) is 0 Å². The van der Waals surface area contributed by atoms with E-state index in [4.69, 9.17) is 26.8 Å². The number of esters is 1. The first-order valence-corrected chi connectivity index (χ1v) is 13.9. The van der Waals surface area contributed by atoms with Crippen molar-refractivity contribution >= 4 is 35.5 Å². The molecule has 0 saturated carbocycles. The molecule has 41 heavy (non-hydrogen) atoms. The third kappa shape index (κ3) is 14.6. The fourth-order valence-corrected chi connectivity index (χ4v) is 3.95. The highest BCUT2D eigenvalue weighted by atomic mass is 35.5. The van der Waals surface area contributed by atoms with Gasteiger partial charge in [-0.3, -0.25) is 9.59 Å². The molecule has 0 bridgehead atoms. The Hall–Kier alpha value is -3.59. The quantitative estimate of drug-likeness (QED) is 0.148. The van der Waals surface area contributed by atoms with Crippen LogP contribution in [0.1, 0.15) is 67.7 Å². The molecule has 0 aromatic rings. The topological polar surface area (TPSA) is 137 Å². The van der Waals surface area contributed by atoms with Crippen LogP contribution in [0.2, 0.25) is 0 Å². The number of amides is 3. The fraction of sp³-hybridized carbons (Fsp3) is 0.484. The Kier molecular flexibility index (Phi) is 14.9. The number of primary amides is 1. The minimum absolute atomic E-state index is 0.0357. The number of allylic oxidation sites excluding steroid dienone is 5. The maximum Gasteiger partial charge on any atom is 0.404 e. The van der Waals surface area contributed by atoms with Gasteiger partial charge in [0.2, 0.25) is 11.8 Å². The predicted octanol–water partition coefficient (Wildman–Crippen LogP) is 5.49. The second kappa shape index (κ2) is 17.3. The zero-order chi connectivity index (χ0) is 31.2. The molecule has 0 saturated heterocycles. The van der Waals surface area contributed by atoms with Gasteiger partial charge in [0.1, 0.15) is 18.2 Å². The molecule has 9 nitrogen and oxygen atoms in total. The number of rotatable bonds is 13. The lowest BCUT2D eigenvalue weighted by Crippen LogP contribution is -2.52. The Morgan fingerprint density at radius 1 is 1.20 bits per heavy atom. The summed E-state index contributed by atoms with van der Waals surface area (Å²) in [5.41, 5.74) is 6.15. The first-order chi connectivity index (χ1) is 19.1. The van der Waals surface area contributed by atoms with Crippen LogP contribution >= 0.6 is 11.6 Å². The summed E-state index contributed by atoms with van der Waals surface area (Å²) in [5.74, 6) is -1.06. The van der Waals surface area contributed by atoms with Crippen molar-refractivity contribution < 1.29 is 28.7 Å². The van der Waals surface area contributed by atoms with Gasteiger partial charge in [-0.1, -0.05) is 87.4 Å². The minimum atomic E-state index is -0.897. The van der Waals surface area contributed by atoms with Crippen LogP contribution in [-0.2, 0) is 23.9 Å². The van der Waals surface area contributed by atoms with Crippen LogP contribution in [0, 0.1) is 11.3 Å². The molecule has 4 N–H and O–H groups in total. The first-order valence-electron chi connectivity index (χ1n) is 13.5. The van der Waals surface area contributed by atoms with E-state index < -0.39 is 35.5 Å². The molecular weight excluding hydrogens is 546 g/mol. The van der Waals surface area contributed by atoms with Crippen molar-refractivity contribution in [1.82, 2.24) is 10.6 Å². The molecule has 0 spiro atoms. The van der Waals surface area contributed by atoms with E-state index in [1.54, 1.807) is 38.2 Å². The molecule has 0 radical (unpaired) electrons. The van der Waals surface area contributed by atoms with Gasteiger partial charge >= 0.3 is 12.1 Å². The number of carbonyl (C=O) groups is 4. The summed E-state index contributed by atoms with van der Waals surface area (Å²) in [4.78, 5) is 48.3. The average molecular weight is 590 g/mol. The lowest BCUT2D eigenvalue weighted by atomic mass is 9.86. The summed E-state index contributed by atoms with van der Waals surface area (Å²) in [6.45, 7) is 12.9. The molecule has 0 aromatic heterocycles. The van der Waals surface area contributed by atoms with Gasteiger partial charge in [0.15, 0.2) is 0 Å². The van der Waals surface area contributed by atoms with Gasteiger partial charge in [-0.05, 0) is 32.4 Å². The van der Waals surface area contributed by atoms with Crippen LogP contribution in [0.4, 0.5) is 4.79 Å². The maximum atomic E-state index is 12.9. The maximum absolute atomic E-state index is 12.9. The first kappa shape index (κ1) is 35.4. The van der Waals surface area contributed by atoms with Crippen LogP contribution in [0.3, 0.4) is 0 Å². The summed E-state index contributed by atoms with van der Waals surface area (Å²) < 4.78 is 10.5. The monoisotopic (exact) mass is 589 g/mol. The Balaban J connectivity index is 2.70. The summed E-state index contributed by atoms with van der Waals surface area (Å²) in [7, 11) is 0. The van der Waals surface area contributed by atoms with Gasteiger partial charge in [-0.15, -0.1) is 0 Å². The summed E-state index contributed by atoms with van der Waals surface area (Å²) in [5, 5.41) is 5.99. The molecule has 1 rings (SSSR count). The Morgan fingerprint density at radius 2 is 1.85 bits per heavy atom. The molecule has 0 fully saturated rings. The number of halogens is 1. The summed E-state index contributed by atoms with van der Waals surface area (Å²) in [6.07, 6.45) is 15.0. The molecule has 1 aliphatic heterocycles. The zero-order valence-corrected chi connectivity index (χ0v) is 25.8. The predicted molar refractivity (Wildman–Crippen MR) is 161 cm³/mol. The molecule has 226 valence electrons. The van der Waals surface area contributed by atoms with Crippen molar-refractivity contribution in [3.8, 4) is 0 Å². The summed E-state index contributed by atoms with van der Waals surface area (Å²) in [6, 6.07) is -0.814. The van der Waals surface area contributed by atoms with E-state index in [0.29, 0.717) is 29.9 Å². The molecular formula is C31H44ClN3O6. The number of hydrogen-bond acceptors (Lipinski definition) is 6. The van der Waals surface area contributed by atoms with E-state index in [2.05, 4.69) is 10.6 Å². The smallest absolute Gasteiger partial charge is 0.404 e. The van der Waals surface area contributed by atoms with Crippen LogP contribution < -0.4 is 16.4 Å². The van der Waals surface area contributed by atoms with Crippen LogP contribution in [0.5, 0.6) is 0 Å². The average Bonchev–Trinajstić information content (AvgIpc) is 2.86. The third-order valence-electron chi connectivity index (χ3n) is 6.17. The Bertz CT molecular complexity index is 1120. The molecule has 4 atom stereocenters.